The SMILES string of the molecule is COc1c(NN)ncnc1N(C)CCC(C)O. The van der Waals surface area contributed by atoms with Gasteiger partial charge in [-0.3, -0.25) is 0 Å². The highest BCUT2D eigenvalue weighted by Gasteiger charge is 2.15. The van der Waals surface area contributed by atoms with E-state index in [1.165, 1.54) is 13.4 Å². The lowest BCUT2D eigenvalue weighted by Gasteiger charge is -2.21. The molecule has 0 aliphatic rings. The van der Waals surface area contributed by atoms with Gasteiger partial charge in [-0.2, -0.15) is 0 Å². The lowest BCUT2D eigenvalue weighted by molar-refractivity contribution is 0.186. The number of nitrogen functional groups attached to an aromatic ring is 1. The third kappa shape index (κ3) is 3.43. The lowest BCUT2D eigenvalue weighted by atomic mass is 10.3. The van der Waals surface area contributed by atoms with Gasteiger partial charge in [0.05, 0.1) is 13.2 Å². The Morgan fingerprint density at radius 1 is 1.59 bits per heavy atom. The number of rotatable bonds is 6. The molecule has 0 saturated heterocycles. The minimum Gasteiger partial charge on any atom is -0.490 e. The van der Waals surface area contributed by atoms with Gasteiger partial charge in [0.15, 0.2) is 11.6 Å². The molecule has 0 fully saturated rings. The first-order valence-electron chi connectivity index (χ1n) is 5.35. The monoisotopic (exact) mass is 241 g/mol. The maximum Gasteiger partial charge on any atom is 0.205 e. The summed E-state index contributed by atoms with van der Waals surface area (Å²) in [5.74, 6) is 6.89. The van der Waals surface area contributed by atoms with Crippen LogP contribution in [0.15, 0.2) is 6.33 Å². The molecule has 7 nitrogen and oxygen atoms in total. The zero-order valence-corrected chi connectivity index (χ0v) is 10.3. The fourth-order valence-electron chi connectivity index (χ4n) is 1.41. The number of hydrogen-bond acceptors (Lipinski definition) is 7. The average molecular weight is 241 g/mol. The zero-order valence-electron chi connectivity index (χ0n) is 10.3. The van der Waals surface area contributed by atoms with E-state index in [4.69, 9.17) is 10.6 Å². The highest BCUT2D eigenvalue weighted by Crippen LogP contribution is 2.30. The molecule has 1 aromatic heterocycles. The number of ether oxygens (including phenoxy) is 1. The van der Waals surface area contributed by atoms with Crippen LogP contribution in [0.3, 0.4) is 0 Å². The Hall–Kier alpha value is -1.60. The van der Waals surface area contributed by atoms with Crippen molar-refractivity contribution < 1.29 is 9.84 Å². The first kappa shape index (κ1) is 13.5. The van der Waals surface area contributed by atoms with Gasteiger partial charge in [0.1, 0.15) is 6.33 Å². The van der Waals surface area contributed by atoms with Crippen molar-refractivity contribution in [3.8, 4) is 5.75 Å². The molecule has 1 unspecified atom stereocenters. The van der Waals surface area contributed by atoms with Crippen LogP contribution in [-0.2, 0) is 0 Å². The first-order chi connectivity index (χ1) is 8.10. The van der Waals surface area contributed by atoms with Crippen molar-refractivity contribution in [2.75, 3.05) is 31.0 Å². The van der Waals surface area contributed by atoms with Crippen LogP contribution in [0.2, 0.25) is 0 Å². The summed E-state index contributed by atoms with van der Waals surface area (Å²) in [6.45, 7) is 2.41. The average Bonchev–Trinajstić information content (AvgIpc) is 2.34. The van der Waals surface area contributed by atoms with E-state index in [2.05, 4.69) is 15.4 Å². The molecule has 1 heterocycles. The summed E-state index contributed by atoms with van der Waals surface area (Å²) in [7, 11) is 3.40. The van der Waals surface area contributed by atoms with Crippen LogP contribution in [0.4, 0.5) is 11.6 Å². The summed E-state index contributed by atoms with van der Waals surface area (Å²) in [5.41, 5.74) is 2.45. The van der Waals surface area contributed by atoms with E-state index >= 15 is 0 Å². The minimum absolute atomic E-state index is 0.350. The Morgan fingerprint density at radius 3 is 2.82 bits per heavy atom. The van der Waals surface area contributed by atoms with Crippen molar-refractivity contribution in [1.29, 1.82) is 0 Å². The number of nitrogens with zero attached hydrogens (tertiary/aromatic N) is 3. The second kappa shape index (κ2) is 6.21. The number of anilines is 2. The quantitative estimate of drug-likeness (QED) is 0.475. The van der Waals surface area contributed by atoms with E-state index in [9.17, 15) is 5.11 Å². The third-order valence-corrected chi connectivity index (χ3v) is 2.37. The highest BCUT2D eigenvalue weighted by atomic mass is 16.5. The van der Waals surface area contributed by atoms with E-state index in [0.29, 0.717) is 30.4 Å². The summed E-state index contributed by atoms with van der Waals surface area (Å²) >= 11 is 0. The fraction of sp³-hybridized carbons (Fsp3) is 0.600. The van der Waals surface area contributed by atoms with Crippen molar-refractivity contribution in [2.24, 2.45) is 5.84 Å². The van der Waals surface area contributed by atoms with Crippen LogP contribution in [0, 0.1) is 0 Å². The largest absolute Gasteiger partial charge is 0.490 e. The number of hydrogen-bond donors (Lipinski definition) is 3. The number of hydrazine groups is 1. The van der Waals surface area contributed by atoms with Gasteiger partial charge in [-0.15, -0.1) is 0 Å². The van der Waals surface area contributed by atoms with E-state index in [0.717, 1.165) is 0 Å². The van der Waals surface area contributed by atoms with E-state index in [1.54, 1.807) is 6.92 Å². The second-order valence-corrected chi connectivity index (χ2v) is 3.78. The number of aliphatic hydroxyl groups excluding tert-OH is 1. The van der Waals surface area contributed by atoms with E-state index in [-0.39, 0.29) is 6.10 Å². The number of aromatic nitrogens is 2. The van der Waals surface area contributed by atoms with Crippen molar-refractivity contribution in [2.45, 2.75) is 19.4 Å². The number of methoxy groups -OCH3 is 1. The zero-order chi connectivity index (χ0) is 12.8. The molecule has 1 rings (SSSR count). The molecule has 0 aliphatic heterocycles. The molecule has 0 spiro atoms. The van der Waals surface area contributed by atoms with Gasteiger partial charge in [0, 0.05) is 13.6 Å². The lowest BCUT2D eigenvalue weighted by Crippen LogP contribution is -2.24. The van der Waals surface area contributed by atoms with Crippen molar-refractivity contribution in [1.82, 2.24) is 9.97 Å². The van der Waals surface area contributed by atoms with Gasteiger partial charge in [-0.05, 0) is 13.3 Å². The standard InChI is InChI=1S/C10H19N5O2/c1-7(16)4-5-15(2)10-8(17-3)9(14-11)12-6-13-10/h6-7,16H,4-5,11H2,1-3H3,(H,12,13,14). The van der Waals surface area contributed by atoms with Crippen LogP contribution in [0.5, 0.6) is 5.75 Å². The molecule has 0 radical (unpaired) electrons. The third-order valence-electron chi connectivity index (χ3n) is 2.37. The summed E-state index contributed by atoms with van der Waals surface area (Å²) in [4.78, 5) is 9.99. The molecule has 1 aromatic rings. The predicted molar refractivity (Wildman–Crippen MR) is 66.0 cm³/mol. The van der Waals surface area contributed by atoms with E-state index in [1.807, 2.05) is 11.9 Å². The van der Waals surface area contributed by atoms with Gasteiger partial charge < -0.3 is 20.2 Å². The molecular weight excluding hydrogens is 222 g/mol. The fourth-order valence-corrected chi connectivity index (χ4v) is 1.41. The maximum absolute atomic E-state index is 9.25. The van der Waals surface area contributed by atoms with Gasteiger partial charge in [-0.1, -0.05) is 0 Å². The molecule has 0 amide bonds. The van der Waals surface area contributed by atoms with Gasteiger partial charge in [-0.25, -0.2) is 15.8 Å². The molecule has 1 atom stereocenters. The second-order valence-electron chi connectivity index (χ2n) is 3.78. The molecule has 0 aromatic carbocycles. The maximum atomic E-state index is 9.25. The number of aliphatic hydroxyl groups is 1. The van der Waals surface area contributed by atoms with Crippen LogP contribution in [0.1, 0.15) is 13.3 Å². The normalized spacial score (nSPS) is 12.1. The van der Waals surface area contributed by atoms with Crippen molar-refractivity contribution in [3.05, 3.63) is 6.33 Å². The Morgan fingerprint density at radius 2 is 2.29 bits per heavy atom. The van der Waals surface area contributed by atoms with Crippen LogP contribution in [0.25, 0.3) is 0 Å². The summed E-state index contributed by atoms with van der Waals surface area (Å²) in [5, 5.41) is 9.25. The van der Waals surface area contributed by atoms with Crippen LogP contribution >= 0.6 is 0 Å². The Balaban J connectivity index is 2.88. The van der Waals surface area contributed by atoms with E-state index < -0.39 is 0 Å². The van der Waals surface area contributed by atoms with Crippen LogP contribution < -0.4 is 20.9 Å². The summed E-state index contributed by atoms with van der Waals surface area (Å²) in [6.07, 6.45) is 1.71. The Bertz CT molecular complexity index is 359. The molecule has 17 heavy (non-hydrogen) atoms. The van der Waals surface area contributed by atoms with Gasteiger partial charge in [0.2, 0.25) is 5.75 Å². The first-order valence-corrected chi connectivity index (χ1v) is 5.35. The summed E-state index contributed by atoms with van der Waals surface area (Å²) in [6, 6.07) is 0. The topological polar surface area (TPSA) is 96.5 Å². The Kier molecular flexibility index (Phi) is 4.92. The number of nitrogens with two attached hydrogens (primary N) is 1. The van der Waals surface area contributed by atoms with Gasteiger partial charge >= 0.3 is 0 Å². The minimum atomic E-state index is -0.350. The molecule has 0 aliphatic carbocycles. The molecular formula is C10H19N5O2. The molecule has 96 valence electrons. The molecule has 0 bridgehead atoms. The summed E-state index contributed by atoms with van der Waals surface area (Å²) < 4.78 is 5.22. The smallest absolute Gasteiger partial charge is 0.205 e. The van der Waals surface area contributed by atoms with Crippen molar-refractivity contribution in [3.63, 3.8) is 0 Å². The molecule has 7 heteroatoms. The number of nitrogens with one attached hydrogen (secondary N) is 1. The Labute approximate surface area is 101 Å². The van der Waals surface area contributed by atoms with Crippen molar-refractivity contribution >= 4 is 11.6 Å². The van der Waals surface area contributed by atoms with Crippen LogP contribution in [-0.4, -0.2) is 41.9 Å². The van der Waals surface area contributed by atoms with Gasteiger partial charge in [0.25, 0.3) is 0 Å². The predicted octanol–water partition coefficient (Wildman–Crippen LogP) is -0.0221. The molecule has 0 saturated carbocycles. The molecule has 4 N–H and O–H groups in total. The highest BCUT2D eigenvalue weighted by molar-refractivity contribution is 5.63.